The van der Waals surface area contributed by atoms with Crippen LogP contribution >= 0.6 is 0 Å². The zero-order chi connectivity index (χ0) is 57.3. The van der Waals surface area contributed by atoms with E-state index in [2.05, 4.69) is 60.3 Å². The van der Waals surface area contributed by atoms with Gasteiger partial charge >= 0.3 is 11.9 Å². The maximum Gasteiger partial charge on any atom is 0.308 e. The Labute approximate surface area is 471 Å². The quantitative estimate of drug-likeness (QED) is 0.0344. The fraction of sp³-hybridized carbons (Fsp3) is 0.527. The van der Waals surface area contributed by atoms with Gasteiger partial charge in [0.25, 0.3) is 11.8 Å². The summed E-state index contributed by atoms with van der Waals surface area (Å²) in [5.74, 6) is -5.72. The molecule has 0 bridgehead atoms. The second-order valence-corrected chi connectivity index (χ2v) is 27.4. The molecule has 10 atom stereocenters. The normalized spacial score (nSPS) is 24.7. The molecule has 82 heavy (non-hydrogen) atoms. The van der Waals surface area contributed by atoms with Gasteiger partial charge in [0.2, 0.25) is 0 Å². The summed E-state index contributed by atoms with van der Waals surface area (Å²) in [5, 5.41) is 32.1. The van der Waals surface area contributed by atoms with Crippen molar-refractivity contribution in [3.05, 3.63) is 100 Å². The molecule has 3 aromatic heterocycles. The Morgan fingerprint density at radius 2 is 1.21 bits per heavy atom. The number of aliphatic hydroxyl groups is 2. The number of fused-ring (bicyclic) bond motifs is 2. The van der Waals surface area contributed by atoms with Crippen LogP contribution in [0, 0.1) is 35.1 Å². The number of carbonyl (C=O) groups is 4. The van der Waals surface area contributed by atoms with Gasteiger partial charge in [-0.3, -0.25) is 24.2 Å². The molecule has 0 radical (unpaired) electrons. The molecular formula is C55H69F6N11O9Si. The van der Waals surface area contributed by atoms with E-state index < -0.39 is 116 Å². The highest BCUT2D eigenvalue weighted by molar-refractivity contribution is 6.76. The molecule has 0 unspecified atom stereocenters. The van der Waals surface area contributed by atoms with Gasteiger partial charge in [0.1, 0.15) is 72.3 Å². The number of hydrogen-bond acceptors (Lipinski definition) is 17. The van der Waals surface area contributed by atoms with Gasteiger partial charge in [-0.15, -0.1) is 0 Å². The molecule has 2 saturated carbocycles. The lowest BCUT2D eigenvalue weighted by molar-refractivity contribution is -0.146. The van der Waals surface area contributed by atoms with Gasteiger partial charge < -0.3 is 44.9 Å². The summed E-state index contributed by atoms with van der Waals surface area (Å²) in [7, 11) is 1.18. The van der Waals surface area contributed by atoms with Gasteiger partial charge in [0.05, 0.1) is 98.7 Å². The lowest BCUT2D eigenvalue weighted by atomic mass is 10.0. The molecule has 10 rings (SSSR count). The van der Waals surface area contributed by atoms with Crippen LogP contribution in [0.3, 0.4) is 0 Å². The van der Waals surface area contributed by atoms with Crippen LogP contribution in [0.15, 0.2) is 54.0 Å². The Balaban J connectivity index is 0.000000235. The minimum atomic E-state index is -1.47. The fourth-order valence-electron chi connectivity index (χ4n) is 11.0. The number of anilines is 2. The first kappa shape index (κ1) is 62.5. The third kappa shape index (κ3) is 13.4. The molecule has 4 N–H and O–H groups in total. The van der Waals surface area contributed by atoms with Crippen LogP contribution < -0.4 is 10.6 Å². The molecule has 4 fully saturated rings. The third-order valence-electron chi connectivity index (χ3n) is 15.1. The monoisotopic (exact) mass is 1170 g/mol. The van der Waals surface area contributed by atoms with Crippen LogP contribution in [0.4, 0.5) is 38.0 Å². The number of carbonyl (C=O) groups excluding carboxylic acids is 4. The molecule has 0 spiro atoms. The van der Waals surface area contributed by atoms with Gasteiger partial charge in [0.15, 0.2) is 11.3 Å². The zero-order valence-electron chi connectivity index (χ0n) is 44.4. The molecule has 27 heteroatoms. The minimum Gasteiger partial charge on any atom is -0.469 e. The van der Waals surface area contributed by atoms with Crippen molar-refractivity contribution < 1.29 is 69.9 Å². The van der Waals surface area contributed by atoms with Crippen molar-refractivity contribution in [3.8, 4) is 0 Å². The summed E-state index contributed by atoms with van der Waals surface area (Å²) in [6.45, 7) is 6.52. The van der Waals surface area contributed by atoms with Crippen molar-refractivity contribution >= 4 is 60.2 Å². The van der Waals surface area contributed by atoms with Gasteiger partial charge in [-0.1, -0.05) is 34.5 Å². The van der Waals surface area contributed by atoms with Crippen LogP contribution in [-0.4, -0.2) is 158 Å². The maximum absolute atomic E-state index is 14.8. The molecule has 2 aliphatic carbocycles. The summed E-state index contributed by atoms with van der Waals surface area (Å²) >= 11 is 0. The van der Waals surface area contributed by atoms with Crippen LogP contribution in [0.1, 0.15) is 98.3 Å². The summed E-state index contributed by atoms with van der Waals surface area (Å²) in [4.78, 5) is 75.5. The number of alkyl halides is 2. The van der Waals surface area contributed by atoms with E-state index in [1.807, 2.05) is 0 Å². The smallest absolute Gasteiger partial charge is 0.308 e. The molecule has 2 saturated heterocycles. The average molecular weight is 1170 g/mol. The minimum absolute atomic E-state index is 0. The standard InChI is InChI=1S/C29H37F3N6O5Si.C24H24F3N5O4.2CH4/c1-42-29(41)16-9-21(23(39)10-16)35-26-24-25(36-38(27(24)34-14-33-26)15-43-7-8-44(2,3)4)28(40)37-13-18(31)12-22(37)19-11-17(30)5-6-20(19)32;1-36-24(35)11-4-16(19(33)5-11)31-22-20-17(29-10-30-22)8-28-21(20)23(34)32-9-13(26)7-18(32)14-6-12(25)2-3-15(14)27;;/h5-6,11,14,16,18,21-23,39H,7-10,12-13,15H2,1-4H3,(H,33,34,35);2-3,6,10-11,13,16,18-19,33H,4-5,7-9H2,1H3,(H,29,30,31);2*1H4/t16-,18+,21-,22-,23-;11-,13+,16-,18-,19-;;/m11../s1. The number of methoxy groups -OCH3 is 2. The van der Waals surface area contributed by atoms with Gasteiger partial charge in [0, 0.05) is 38.6 Å². The molecular weight excluding hydrogens is 1100 g/mol. The SMILES string of the molecule is C.C.COC(=O)[C@H]1C[C@@H](O)[C@H](Nc2ncnc3c2C(C(=O)N2C[C@@H](F)C[C@@H]2c2cc(F)ccc2F)=NC3)C1.COC(=O)[C@H]1C[C@@H](O)[C@H](Nc2ncnc3c2c(C(=O)N2C[C@@H](F)C[C@@H]2c2cc(F)ccc2F)nn3COCC[Si](C)(C)C)C1. The molecule has 2 amide bonds. The number of aliphatic hydroxyl groups excluding tert-OH is 2. The van der Waals surface area contributed by atoms with E-state index in [1.165, 1.54) is 31.6 Å². The van der Waals surface area contributed by atoms with E-state index in [1.54, 1.807) is 0 Å². The topological polar surface area (TPSA) is 249 Å². The largest absolute Gasteiger partial charge is 0.469 e. The van der Waals surface area contributed by atoms with Crippen molar-refractivity contribution in [1.29, 1.82) is 0 Å². The van der Waals surface area contributed by atoms with E-state index in [9.17, 15) is 55.7 Å². The second kappa shape index (κ2) is 26.0. The predicted octanol–water partition coefficient (Wildman–Crippen LogP) is 7.43. The van der Waals surface area contributed by atoms with E-state index in [0.717, 1.165) is 52.2 Å². The highest BCUT2D eigenvalue weighted by Gasteiger charge is 2.45. The summed E-state index contributed by atoms with van der Waals surface area (Å²) < 4.78 is 103. The Morgan fingerprint density at radius 3 is 1.74 bits per heavy atom. The Hall–Kier alpha value is -7.10. The number of amides is 2. The molecule has 20 nitrogen and oxygen atoms in total. The lowest BCUT2D eigenvalue weighted by Gasteiger charge is -2.26. The number of nitrogens with zero attached hydrogens (tertiary/aromatic N) is 9. The van der Waals surface area contributed by atoms with Crippen LogP contribution in [0.25, 0.3) is 11.0 Å². The van der Waals surface area contributed by atoms with Gasteiger partial charge in [-0.2, -0.15) is 5.10 Å². The van der Waals surface area contributed by atoms with Gasteiger partial charge in [-0.05, 0) is 68.1 Å². The number of hydrogen-bond donors (Lipinski definition) is 4. The summed E-state index contributed by atoms with van der Waals surface area (Å²) in [6.07, 6.45) is -1.53. The van der Waals surface area contributed by atoms with Crippen molar-refractivity contribution in [2.24, 2.45) is 16.8 Å². The van der Waals surface area contributed by atoms with Gasteiger partial charge in [-0.25, -0.2) is 51.0 Å². The summed E-state index contributed by atoms with van der Waals surface area (Å²) in [6, 6.07) is 3.43. The number of esters is 2. The second-order valence-electron chi connectivity index (χ2n) is 21.8. The number of nitrogens with one attached hydrogen (secondary N) is 2. The van der Waals surface area contributed by atoms with E-state index in [0.29, 0.717) is 24.3 Å². The highest BCUT2D eigenvalue weighted by Crippen LogP contribution is 2.40. The van der Waals surface area contributed by atoms with E-state index in [-0.39, 0.29) is 119 Å². The average Bonchev–Trinajstić information content (AvgIpc) is 4.41. The number of halogens is 6. The van der Waals surface area contributed by atoms with Crippen molar-refractivity contribution in [2.75, 3.05) is 44.5 Å². The molecule has 444 valence electrons. The Bertz CT molecular complexity index is 3190. The first-order valence-corrected chi connectivity index (χ1v) is 29.9. The molecule has 5 aromatic rings. The van der Waals surface area contributed by atoms with E-state index in [4.69, 9.17) is 14.2 Å². The number of aliphatic imine (C=N–C) groups is 1. The van der Waals surface area contributed by atoms with Crippen LogP contribution in [-0.2, 0) is 41.9 Å². The van der Waals surface area contributed by atoms with Crippen molar-refractivity contribution in [1.82, 2.24) is 39.5 Å². The number of likely N-dealkylation sites (tertiary alicyclic amines) is 2. The molecule has 6 heterocycles. The summed E-state index contributed by atoms with van der Waals surface area (Å²) in [5.41, 5.74) is 0.614. The van der Waals surface area contributed by atoms with Crippen molar-refractivity contribution in [2.45, 2.75) is 141 Å². The Kier molecular flexibility index (Phi) is 19.8. The first-order chi connectivity index (χ1) is 38.1. The van der Waals surface area contributed by atoms with Crippen LogP contribution in [0.5, 0.6) is 0 Å². The lowest BCUT2D eigenvalue weighted by Crippen LogP contribution is -2.38. The molecule has 5 aliphatic rings. The Morgan fingerprint density at radius 1 is 0.695 bits per heavy atom. The highest BCUT2D eigenvalue weighted by atomic mass is 28.3. The first-order valence-electron chi connectivity index (χ1n) is 26.2. The van der Waals surface area contributed by atoms with Crippen molar-refractivity contribution in [3.63, 3.8) is 0 Å². The zero-order valence-corrected chi connectivity index (χ0v) is 45.4. The fourth-order valence-corrected chi connectivity index (χ4v) is 11.8. The number of ether oxygens (including phenoxy) is 3. The number of rotatable bonds is 15. The number of aromatic nitrogens is 6. The third-order valence-corrected chi connectivity index (χ3v) is 16.8. The number of benzene rings is 2. The van der Waals surface area contributed by atoms with E-state index >= 15 is 0 Å². The maximum atomic E-state index is 14.8. The van der Waals surface area contributed by atoms with Crippen LogP contribution in [0.2, 0.25) is 25.7 Å². The molecule has 2 aromatic carbocycles. The molecule has 3 aliphatic heterocycles. The predicted molar refractivity (Wildman–Crippen MR) is 291 cm³/mol.